The summed E-state index contributed by atoms with van der Waals surface area (Å²) in [5.41, 5.74) is 1.86. The van der Waals surface area contributed by atoms with Gasteiger partial charge in [-0.3, -0.25) is 19.6 Å². The number of methoxy groups -OCH3 is 2. The van der Waals surface area contributed by atoms with Crippen LogP contribution in [0.5, 0.6) is 11.5 Å². The normalized spacial score (nSPS) is 16.5. The summed E-state index contributed by atoms with van der Waals surface area (Å²) in [7, 11) is 3.02. The van der Waals surface area contributed by atoms with Crippen LogP contribution >= 0.6 is 0 Å². The van der Waals surface area contributed by atoms with E-state index < -0.39 is 17.2 Å². The SMILES string of the molecule is COc1cccc(C2C3=C(Nc4[nH]c(=O)[nH]c(=O)c42)c2ccccc2C3=O)c1OC. The molecule has 0 spiro atoms. The van der Waals surface area contributed by atoms with Gasteiger partial charge in [0, 0.05) is 22.3 Å². The summed E-state index contributed by atoms with van der Waals surface area (Å²) in [5, 5.41) is 3.10. The average Bonchev–Trinajstić information content (AvgIpc) is 3.03. The van der Waals surface area contributed by atoms with E-state index in [1.54, 1.807) is 30.3 Å². The van der Waals surface area contributed by atoms with Crippen molar-refractivity contribution >= 4 is 17.3 Å². The number of para-hydroxylation sites is 1. The number of hydrogen-bond donors (Lipinski definition) is 3. The van der Waals surface area contributed by atoms with Crippen molar-refractivity contribution in [1.82, 2.24) is 9.97 Å². The molecule has 8 nitrogen and oxygen atoms in total. The molecule has 150 valence electrons. The molecule has 3 N–H and O–H groups in total. The van der Waals surface area contributed by atoms with Gasteiger partial charge in [-0.2, -0.15) is 0 Å². The molecule has 2 heterocycles. The molecule has 8 heteroatoms. The first-order chi connectivity index (χ1) is 14.5. The number of H-pyrrole nitrogens is 2. The van der Waals surface area contributed by atoms with E-state index >= 15 is 0 Å². The number of fused-ring (bicyclic) bond motifs is 3. The molecule has 0 amide bonds. The maximum absolute atomic E-state index is 13.4. The van der Waals surface area contributed by atoms with Crippen molar-refractivity contribution in [3.63, 3.8) is 0 Å². The van der Waals surface area contributed by atoms with E-state index in [1.807, 2.05) is 12.1 Å². The summed E-state index contributed by atoms with van der Waals surface area (Å²) in [5.74, 6) is 0.197. The van der Waals surface area contributed by atoms with E-state index in [1.165, 1.54) is 14.2 Å². The minimum absolute atomic E-state index is 0.181. The number of anilines is 1. The Bertz CT molecular complexity index is 1370. The smallest absolute Gasteiger partial charge is 0.327 e. The molecular weight excluding hydrogens is 386 g/mol. The summed E-state index contributed by atoms with van der Waals surface area (Å²) in [4.78, 5) is 43.1. The predicted octanol–water partition coefficient (Wildman–Crippen LogP) is 2.25. The minimum Gasteiger partial charge on any atom is -0.493 e. The van der Waals surface area contributed by atoms with E-state index in [2.05, 4.69) is 15.3 Å². The van der Waals surface area contributed by atoms with Crippen LogP contribution in [0.4, 0.5) is 5.82 Å². The zero-order chi connectivity index (χ0) is 21.0. The number of Topliss-reactive ketones (excluding diaryl/α,β-unsaturated/α-hetero) is 1. The Morgan fingerprint density at radius 2 is 1.63 bits per heavy atom. The van der Waals surface area contributed by atoms with E-state index in [4.69, 9.17) is 9.47 Å². The monoisotopic (exact) mass is 403 g/mol. The standard InChI is InChI=1S/C22H17N3O5/c1-29-13-9-5-8-12(19(13)30-2)14-15-17(10-6-3-4-7-11(10)18(15)26)23-20-16(14)21(27)25-22(28)24-20/h3-9,14H,1-2H3,(H3,23,24,25,27,28). The van der Waals surface area contributed by atoms with Crippen LogP contribution in [0.3, 0.4) is 0 Å². The summed E-state index contributed by atoms with van der Waals surface area (Å²) in [6.45, 7) is 0. The third-order valence-electron chi connectivity index (χ3n) is 5.51. The first-order valence-electron chi connectivity index (χ1n) is 9.27. The quantitative estimate of drug-likeness (QED) is 0.618. The molecule has 0 saturated carbocycles. The molecule has 5 rings (SSSR count). The van der Waals surface area contributed by atoms with Gasteiger partial charge in [0.1, 0.15) is 5.82 Å². The number of carbonyl (C=O) groups excluding carboxylic acids is 1. The van der Waals surface area contributed by atoms with Gasteiger partial charge in [0.2, 0.25) is 0 Å². The Labute approximate surface area is 170 Å². The second-order valence-corrected chi connectivity index (χ2v) is 7.00. The van der Waals surface area contributed by atoms with Gasteiger partial charge < -0.3 is 14.8 Å². The number of benzene rings is 2. The minimum atomic E-state index is -0.762. The lowest BCUT2D eigenvalue weighted by molar-refractivity contribution is 0.103. The lowest BCUT2D eigenvalue weighted by atomic mass is 9.81. The molecule has 0 radical (unpaired) electrons. The van der Waals surface area contributed by atoms with Gasteiger partial charge in [0.15, 0.2) is 17.3 Å². The van der Waals surface area contributed by atoms with Gasteiger partial charge in [0.25, 0.3) is 5.56 Å². The molecular formula is C22H17N3O5. The van der Waals surface area contributed by atoms with E-state index in [0.29, 0.717) is 33.9 Å². The van der Waals surface area contributed by atoms with Crippen LogP contribution in [0.15, 0.2) is 57.6 Å². The summed E-state index contributed by atoms with van der Waals surface area (Å²) in [6.07, 6.45) is 0. The highest BCUT2D eigenvalue weighted by Gasteiger charge is 2.43. The maximum atomic E-state index is 13.4. The first-order valence-corrected chi connectivity index (χ1v) is 9.27. The van der Waals surface area contributed by atoms with E-state index in [0.717, 1.165) is 5.56 Å². The fourth-order valence-corrected chi connectivity index (χ4v) is 4.30. The molecule has 2 aromatic carbocycles. The van der Waals surface area contributed by atoms with E-state index in [9.17, 15) is 14.4 Å². The molecule has 0 bridgehead atoms. The number of nitrogens with one attached hydrogen (secondary N) is 3. The van der Waals surface area contributed by atoms with E-state index in [-0.39, 0.29) is 17.2 Å². The highest BCUT2D eigenvalue weighted by molar-refractivity contribution is 6.23. The number of carbonyl (C=O) groups is 1. The van der Waals surface area contributed by atoms with Gasteiger partial charge in [-0.15, -0.1) is 0 Å². The van der Waals surface area contributed by atoms with Crippen LogP contribution in [-0.4, -0.2) is 30.0 Å². The van der Waals surface area contributed by atoms with Crippen molar-refractivity contribution in [2.24, 2.45) is 0 Å². The maximum Gasteiger partial charge on any atom is 0.327 e. The average molecular weight is 403 g/mol. The molecule has 1 aliphatic carbocycles. The number of aromatic nitrogens is 2. The Kier molecular flexibility index (Phi) is 3.89. The molecule has 1 aliphatic heterocycles. The van der Waals surface area contributed by atoms with Gasteiger partial charge in [-0.25, -0.2) is 4.79 Å². The van der Waals surface area contributed by atoms with Crippen LogP contribution in [0.1, 0.15) is 33.0 Å². The summed E-state index contributed by atoms with van der Waals surface area (Å²) >= 11 is 0. The second-order valence-electron chi connectivity index (χ2n) is 7.00. The van der Waals surface area contributed by atoms with Crippen LogP contribution in [0, 0.1) is 0 Å². The fraction of sp³-hybridized carbons (Fsp3) is 0.136. The fourth-order valence-electron chi connectivity index (χ4n) is 4.30. The third-order valence-corrected chi connectivity index (χ3v) is 5.51. The van der Waals surface area contributed by atoms with Crippen LogP contribution in [0.25, 0.3) is 5.70 Å². The highest BCUT2D eigenvalue weighted by atomic mass is 16.5. The van der Waals surface area contributed by atoms with Crippen molar-refractivity contribution < 1.29 is 14.3 Å². The Morgan fingerprint density at radius 3 is 2.37 bits per heavy atom. The predicted molar refractivity (Wildman–Crippen MR) is 110 cm³/mol. The van der Waals surface area contributed by atoms with Crippen molar-refractivity contribution in [2.45, 2.75) is 5.92 Å². The largest absolute Gasteiger partial charge is 0.493 e. The van der Waals surface area contributed by atoms with Crippen LogP contribution in [-0.2, 0) is 0 Å². The van der Waals surface area contributed by atoms with Gasteiger partial charge in [-0.05, 0) is 6.07 Å². The molecule has 1 aromatic heterocycles. The Hall–Kier alpha value is -4.07. The zero-order valence-corrected chi connectivity index (χ0v) is 16.2. The number of hydrogen-bond acceptors (Lipinski definition) is 6. The Morgan fingerprint density at radius 1 is 0.867 bits per heavy atom. The molecule has 1 unspecified atom stereocenters. The van der Waals surface area contributed by atoms with Gasteiger partial charge >= 0.3 is 5.69 Å². The highest BCUT2D eigenvalue weighted by Crippen LogP contribution is 2.50. The second kappa shape index (κ2) is 6.48. The van der Waals surface area contributed by atoms with Gasteiger partial charge in [-0.1, -0.05) is 36.4 Å². The van der Waals surface area contributed by atoms with Crippen molar-refractivity contribution in [3.8, 4) is 11.5 Å². The molecule has 2 aliphatic rings. The zero-order valence-electron chi connectivity index (χ0n) is 16.2. The number of ketones is 1. The number of allylic oxidation sites excluding steroid dienone is 1. The topological polar surface area (TPSA) is 113 Å². The third kappa shape index (κ3) is 2.37. The number of ether oxygens (including phenoxy) is 2. The molecule has 1 atom stereocenters. The summed E-state index contributed by atoms with van der Waals surface area (Å²) < 4.78 is 11.0. The van der Waals surface area contributed by atoms with Crippen LogP contribution in [0.2, 0.25) is 0 Å². The molecule has 3 aromatic rings. The molecule has 0 fully saturated rings. The van der Waals surface area contributed by atoms with Crippen LogP contribution < -0.4 is 26.0 Å². The number of aromatic amines is 2. The Balaban J connectivity index is 1.87. The molecule has 0 saturated heterocycles. The first kappa shape index (κ1) is 18.0. The van der Waals surface area contributed by atoms with Crippen molar-refractivity contribution in [1.29, 1.82) is 0 Å². The summed E-state index contributed by atoms with van der Waals surface area (Å²) in [6, 6.07) is 12.5. The van der Waals surface area contributed by atoms with Crippen molar-refractivity contribution in [2.75, 3.05) is 19.5 Å². The molecule has 30 heavy (non-hydrogen) atoms. The lowest BCUT2D eigenvalue weighted by Crippen LogP contribution is -2.33. The van der Waals surface area contributed by atoms with Gasteiger partial charge in [0.05, 0.1) is 31.4 Å². The number of rotatable bonds is 3. The lowest BCUT2D eigenvalue weighted by Gasteiger charge is -2.28. The van der Waals surface area contributed by atoms with Crippen molar-refractivity contribution in [3.05, 3.63) is 91.1 Å².